The van der Waals surface area contributed by atoms with E-state index in [1.54, 1.807) is 31.4 Å². The molecule has 0 aliphatic carbocycles. The molecule has 1 atom stereocenters. The van der Waals surface area contributed by atoms with Crippen LogP contribution in [0.5, 0.6) is 5.75 Å². The van der Waals surface area contributed by atoms with Crippen LogP contribution in [0.3, 0.4) is 0 Å². The summed E-state index contributed by atoms with van der Waals surface area (Å²) in [6.45, 7) is 2.30. The second kappa shape index (κ2) is 7.38. The van der Waals surface area contributed by atoms with Gasteiger partial charge in [0.1, 0.15) is 5.75 Å². The minimum atomic E-state index is -0.550. The van der Waals surface area contributed by atoms with E-state index in [4.69, 9.17) is 9.47 Å². The average Bonchev–Trinajstić information content (AvgIpc) is 2.39. The fraction of sp³-hybridized carbons (Fsp3) is 0.385. The van der Waals surface area contributed by atoms with Crippen LogP contribution in [0.2, 0.25) is 0 Å². The van der Waals surface area contributed by atoms with E-state index in [2.05, 4.69) is 10.6 Å². The molecule has 19 heavy (non-hydrogen) atoms. The van der Waals surface area contributed by atoms with Gasteiger partial charge in [-0.05, 0) is 31.2 Å². The number of carbonyl (C=O) groups excluding carboxylic acids is 2. The highest BCUT2D eigenvalue weighted by atomic mass is 16.5. The molecule has 1 aromatic rings. The molecule has 0 radical (unpaired) electrons. The molecular weight excluding hydrogens is 248 g/mol. The van der Waals surface area contributed by atoms with Crippen molar-refractivity contribution in [2.75, 3.05) is 20.8 Å². The van der Waals surface area contributed by atoms with E-state index in [1.165, 1.54) is 7.05 Å². The molecular formula is C13H18N2O4. The zero-order valence-electron chi connectivity index (χ0n) is 11.2. The third-order valence-corrected chi connectivity index (χ3v) is 2.33. The number of methoxy groups -OCH3 is 1. The minimum Gasteiger partial charge on any atom is -0.410 e. The fourth-order valence-electron chi connectivity index (χ4n) is 1.43. The van der Waals surface area contributed by atoms with Crippen LogP contribution in [0.15, 0.2) is 24.3 Å². The van der Waals surface area contributed by atoms with Gasteiger partial charge in [0.15, 0.2) is 0 Å². The second-order valence-electron chi connectivity index (χ2n) is 3.99. The van der Waals surface area contributed by atoms with E-state index in [-0.39, 0.29) is 11.9 Å². The lowest BCUT2D eigenvalue weighted by Gasteiger charge is -2.12. The first-order chi connectivity index (χ1) is 9.06. The molecule has 2 amide bonds. The maximum Gasteiger partial charge on any atom is 0.412 e. The molecule has 104 valence electrons. The Labute approximate surface area is 112 Å². The SMILES string of the molecule is CNC(=O)Oc1ccc(C(=O)NC(C)COC)cc1. The van der Waals surface area contributed by atoms with Gasteiger partial charge in [0.2, 0.25) is 0 Å². The van der Waals surface area contributed by atoms with Crippen molar-refractivity contribution in [3.63, 3.8) is 0 Å². The van der Waals surface area contributed by atoms with Gasteiger partial charge in [0.05, 0.1) is 6.61 Å². The topological polar surface area (TPSA) is 76.7 Å². The molecule has 0 aromatic heterocycles. The molecule has 0 saturated carbocycles. The van der Waals surface area contributed by atoms with Crippen LogP contribution >= 0.6 is 0 Å². The highest BCUT2D eigenvalue weighted by Gasteiger charge is 2.10. The highest BCUT2D eigenvalue weighted by molar-refractivity contribution is 5.94. The van der Waals surface area contributed by atoms with Crippen molar-refractivity contribution in [2.45, 2.75) is 13.0 Å². The summed E-state index contributed by atoms with van der Waals surface area (Å²) in [5.74, 6) is 0.178. The van der Waals surface area contributed by atoms with Crippen LogP contribution in [-0.2, 0) is 4.74 Å². The third kappa shape index (κ3) is 4.97. The summed E-state index contributed by atoms with van der Waals surface area (Å²) in [7, 11) is 3.05. The Hall–Kier alpha value is -2.08. The minimum absolute atomic E-state index is 0.0701. The van der Waals surface area contributed by atoms with Gasteiger partial charge < -0.3 is 20.1 Å². The molecule has 0 aliphatic rings. The van der Waals surface area contributed by atoms with Gasteiger partial charge in [-0.1, -0.05) is 0 Å². The van der Waals surface area contributed by atoms with Crippen LogP contribution in [-0.4, -0.2) is 38.8 Å². The molecule has 6 nitrogen and oxygen atoms in total. The summed E-state index contributed by atoms with van der Waals surface area (Å²) in [6.07, 6.45) is -0.550. The number of nitrogens with one attached hydrogen (secondary N) is 2. The predicted octanol–water partition coefficient (Wildman–Crippen LogP) is 1.17. The van der Waals surface area contributed by atoms with Crippen molar-refractivity contribution in [3.05, 3.63) is 29.8 Å². The van der Waals surface area contributed by atoms with Crippen molar-refractivity contribution >= 4 is 12.0 Å². The van der Waals surface area contributed by atoms with Gasteiger partial charge in [-0.2, -0.15) is 0 Å². The van der Waals surface area contributed by atoms with E-state index < -0.39 is 6.09 Å². The summed E-state index contributed by atoms with van der Waals surface area (Å²) in [5.41, 5.74) is 0.493. The number of benzene rings is 1. The first kappa shape index (κ1) is 15.0. The number of ether oxygens (including phenoxy) is 2. The lowest BCUT2D eigenvalue weighted by molar-refractivity contribution is 0.0905. The third-order valence-electron chi connectivity index (χ3n) is 2.33. The Morgan fingerprint density at radius 3 is 2.42 bits per heavy atom. The molecule has 0 bridgehead atoms. The number of amides is 2. The van der Waals surface area contributed by atoms with Gasteiger partial charge in [0.25, 0.3) is 5.91 Å². The van der Waals surface area contributed by atoms with Gasteiger partial charge in [0, 0.05) is 25.8 Å². The second-order valence-corrected chi connectivity index (χ2v) is 3.99. The Morgan fingerprint density at radius 1 is 1.26 bits per heavy atom. The zero-order valence-corrected chi connectivity index (χ0v) is 11.2. The molecule has 6 heteroatoms. The number of hydrogen-bond donors (Lipinski definition) is 2. The molecule has 1 aromatic carbocycles. The van der Waals surface area contributed by atoms with Crippen molar-refractivity contribution < 1.29 is 19.1 Å². The summed E-state index contributed by atoms with van der Waals surface area (Å²) < 4.78 is 9.85. The van der Waals surface area contributed by atoms with E-state index >= 15 is 0 Å². The monoisotopic (exact) mass is 266 g/mol. The van der Waals surface area contributed by atoms with E-state index in [0.29, 0.717) is 17.9 Å². The predicted molar refractivity (Wildman–Crippen MR) is 70.3 cm³/mol. The number of carbonyl (C=O) groups is 2. The van der Waals surface area contributed by atoms with Crippen molar-refractivity contribution in [1.29, 1.82) is 0 Å². The molecule has 2 N–H and O–H groups in total. The quantitative estimate of drug-likeness (QED) is 0.838. The normalized spacial score (nSPS) is 11.5. The number of hydrogen-bond acceptors (Lipinski definition) is 4. The van der Waals surface area contributed by atoms with Crippen molar-refractivity contribution in [2.24, 2.45) is 0 Å². The van der Waals surface area contributed by atoms with E-state index in [0.717, 1.165) is 0 Å². The standard InChI is InChI=1S/C13H18N2O4/c1-9(8-18-3)15-12(16)10-4-6-11(7-5-10)19-13(17)14-2/h4-7,9H,8H2,1-3H3,(H,14,17)(H,15,16). The first-order valence-electron chi connectivity index (χ1n) is 5.86. The number of rotatable bonds is 5. The maximum absolute atomic E-state index is 11.8. The fourth-order valence-corrected chi connectivity index (χ4v) is 1.43. The van der Waals surface area contributed by atoms with Crippen LogP contribution in [0.1, 0.15) is 17.3 Å². The Kier molecular flexibility index (Phi) is 5.81. The van der Waals surface area contributed by atoms with Gasteiger partial charge in [-0.25, -0.2) is 4.79 Å². The average molecular weight is 266 g/mol. The summed E-state index contributed by atoms with van der Waals surface area (Å²) in [5, 5.41) is 5.12. The van der Waals surface area contributed by atoms with Crippen LogP contribution in [0.25, 0.3) is 0 Å². The van der Waals surface area contributed by atoms with E-state index in [9.17, 15) is 9.59 Å². The maximum atomic E-state index is 11.8. The molecule has 0 aliphatic heterocycles. The lowest BCUT2D eigenvalue weighted by atomic mass is 10.2. The van der Waals surface area contributed by atoms with E-state index in [1.807, 2.05) is 6.92 Å². The summed E-state index contributed by atoms with van der Waals surface area (Å²) >= 11 is 0. The molecule has 0 heterocycles. The van der Waals surface area contributed by atoms with Crippen molar-refractivity contribution in [1.82, 2.24) is 10.6 Å². The Bertz CT molecular complexity index is 431. The summed E-state index contributed by atoms with van der Waals surface area (Å²) in [4.78, 5) is 22.8. The first-order valence-corrected chi connectivity index (χ1v) is 5.86. The van der Waals surface area contributed by atoms with Crippen LogP contribution < -0.4 is 15.4 Å². The van der Waals surface area contributed by atoms with Crippen LogP contribution in [0, 0.1) is 0 Å². The molecule has 0 spiro atoms. The smallest absolute Gasteiger partial charge is 0.410 e. The zero-order chi connectivity index (χ0) is 14.3. The molecule has 0 saturated heterocycles. The Balaban J connectivity index is 2.60. The lowest BCUT2D eigenvalue weighted by Crippen LogP contribution is -2.35. The van der Waals surface area contributed by atoms with Crippen LogP contribution in [0.4, 0.5) is 4.79 Å². The highest BCUT2D eigenvalue weighted by Crippen LogP contribution is 2.12. The van der Waals surface area contributed by atoms with Gasteiger partial charge in [-0.3, -0.25) is 4.79 Å². The summed E-state index contributed by atoms with van der Waals surface area (Å²) in [6, 6.07) is 6.23. The van der Waals surface area contributed by atoms with Gasteiger partial charge in [-0.15, -0.1) is 0 Å². The molecule has 1 rings (SSSR count). The Morgan fingerprint density at radius 2 is 1.89 bits per heavy atom. The van der Waals surface area contributed by atoms with Crippen molar-refractivity contribution in [3.8, 4) is 5.75 Å². The largest absolute Gasteiger partial charge is 0.412 e. The molecule has 0 fully saturated rings. The molecule has 1 unspecified atom stereocenters. The van der Waals surface area contributed by atoms with Gasteiger partial charge >= 0.3 is 6.09 Å².